The van der Waals surface area contributed by atoms with E-state index in [2.05, 4.69) is 34.0 Å². The summed E-state index contributed by atoms with van der Waals surface area (Å²) in [4.78, 5) is 22.0. The number of thiophene rings is 1. The topological polar surface area (TPSA) is 59.8 Å². The number of rotatable bonds is 7. The van der Waals surface area contributed by atoms with Gasteiger partial charge in [-0.15, -0.1) is 48.6 Å². The maximum atomic E-state index is 13.6. The Bertz CT molecular complexity index is 1490. The van der Waals surface area contributed by atoms with Crippen molar-refractivity contribution in [3.63, 3.8) is 0 Å². The molecule has 0 aliphatic carbocycles. The van der Waals surface area contributed by atoms with Crippen LogP contribution in [0.4, 0.5) is 13.2 Å². The van der Waals surface area contributed by atoms with Gasteiger partial charge in [-0.1, -0.05) is 24.3 Å². The molecule has 0 amide bonds. The van der Waals surface area contributed by atoms with Gasteiger partial charge in [0.2, 0.25) is 0 Å². The summed E-state index contributed by atoms with van der Waals surface area (Å²) in [7, 11) is 3.38. The van der Waals surface area contributed by atoms with Crippen LogP contribution in [0.15, 0.2) is 54.9 Å². The molecule has 0 N–H and O–H groups in total. The van der Waals surface area contributed by atoms with Crippen molar-refractivity contribution < 1.29 is 27.4 Å². The highest BCUT2D eigenvalue weighted by Crippen LogP contribution is 2.39. The fourth-order valence-corrected chi connectivity index (χ4v) is 5.75. The molecular formula is C28H32Cl3F3N4O3S. The van der Waals surface area contributed by atoms with E-state index in [9.17, 15) is 18.0 Å². The summed E-state index contributed by atoms with van der Waals surface area (Å²) in [5, 5.41) is 0.640. The number of carbonyl (C=O) groups excluding carboxylic acids is 1. The Hall–Kier alpha value is -2.54. The maximum absolute atomic E-state index is 13.6. The number of alkyl halides is 3. The van der Waals surface area contributed by atoms with Crippen LogP contribution in [-0.4, -0.2) is 65.7 Å². The van der Waals surface area contributed by atoms with Crippen molar-refractivity contribution in [2.45, 2.75) is 25.7 Å². The Kier molecular flexibility index (Phi) is 12.5. The van der Waals surface area contributed by atoms with Crippen LogP contribution in [0.25, 0.3) is 16.0 Å². The van der Waals surface area contributed by atoms with Crippen molar-refractivity contribution in [3.05, 3.63) is 76.4 Å². The number of benzene rings is 2. The van der Waals surface area contributed by atoms with Crippen molar-refractivity contribution in [1.29, 1.82) is 0 Å². The number of methoxy groups -OCH3 is 1. The van der Waals surface area contributed by atoms with Crippen molar-refractivity contribution in [3.8, 4) is 10.8 Å². The lowest BCUT2D eigenvalue weighted by Crippen LogP contribution is -2.43. The molecule has 1 atom stereocenters. The third-order valence-corrected chi connectivity index (χ3v) is 8.01. The largest absolute Gasteiger partial charge is 0.484 e. The number of esters is 1. The SMILES string of the molecule is COC(=O)c1sc(-n2cnc3ccc(CN4CCN(C)CC4)cc32)cc1O[C@H](C)c1ccccc1C(F)(F)F.Cl.Cl.Cl. The lowest BCUT2D eigenvalue weighted by molar-refractivity contribution is -0.139. The Morgan fingerprint density at radius 2 is 1.74 bits per heavy atom. The van der Waals surface area contributed by atoms with E-state index in [0.29, 0.717) is 5.00 Å². The second kappa shape index (κ2) is 14.8. The average molecular weight is 668 g/mol. The molecule has 0 unspecified atom stereocenters. The number of fused-ring (bicyclic) bond motifs is 1. The van der Waals surface area contributed by atoms with Crippen molar-refractivity contribution >= 4 is 65.6 Å². The van der Waals surface area contributed by atoms with E-state index in [1.165, 1.54) is 32.2 Å². The van der Waals surface area contributed by atoms with E-state index in [4.69, 9.17) is 9.47 Å². The molecule has 5 rings (SSSR count). The van der Waals surface area contributed by atoms with Crippen molar-refractivity contribution in [2.75, 3.05) is 40.3 Å². The standard InChI is InChI=1S/C28H29F3N4O3S.3ClH/c1-18(20-6-4-5-7-21(20)28(29,30)31)38-24-15-25(39-26(24)27(36)37-3)35-17-32-22-9-8-19(14-23(22)35)16-34-12-10-33(2)11-13-34;;;/h4-9,14-15,17-18H,10-13,16H2,1-3H3;3*1H/t18-;;;/m1.../s1. The van der Waals surface area contributed by atoms with Crippen LogP contribution < -0.4 is 4.74 Å². The van der Waals surface area contributed by atoms with Gasteiger partial charge >= 0.3 is 12.1 Å². The zero-order chi connectivity index (χ0) is 27.7. The number of halogens is 6. The van der Waals surface area contributed by atoms with Gasteiger partial charge in [-0.25, -0.2) is 9.78 Å². The molecular weight excluding hydrogens is 636 g/mol. The lowest BCUT2D eigenvalue weighted by Gasteiger charge is -2.32. The van der Waals surface area contributed by atoms with Gasteiger partial charge in [0.1, 0.15) is 23.2 Å². The number of piperazine rings is 1. The first-order chi connectivity index (χ1) is 18.6. The first-order valence-corrected chi connectivity index (χ1v) is 13.4. The molecule has 230 valence electrons. The zero-order valence-corrected chi connectivity index (χ0v) is 26.4. The van der Waals surface area contributed by atoms with Gasteiger partial charge < -0.3 is 14.4 Å². The van der Waals surface area contributed by atoms with Crippen molar-refractivity contribution in [1.82, 2.24) is 19.4 Å². The molecule has 1 saturated heterocycles. The smallest absolute Gasteiger partial charge is 0.416 e. The van der Waals surface area contributed by atoms with Gasteiger partial charge in [0, 0.05) is 44.4 Å². The molecule has 1 fully saturated rings. The van der Waals surface area contributed by atoms with Gasteiger partial charge in [-0.3, -0.25) is 9.47 Å². The maximum Gasteiger partial charge on any atom is 0.416 e. The highest BCUT2D eigenvalue weighted by Gasteiger charge is 2.35. The van der Waals surface area contributed by atoms with Crippen LogP contribution in [0.1, 0.15) is 39.4 Å². The number of hydrogen-bond donors (Lipinski definition) is 0. The molecule has 4 aromatic rings. The Morgan fingerprint density at radius 1 is 1.05 bits per heavy atom. The van der Waals surface area contributed by atoms with Gasteiger partial charge in [0.25, 0.3) is 0 Å². The summed E-state index contributed by atoms with van der Waals surface area (Å²) in [5.74, 6) is -0.473. The summed E-state index contributed by atoms with van der Waals surface area (Å²) < 4.78 is 53.6. The Labute approximate surface area is 264 Å². The van der Waals surface area contributed by atoms with Crippen LogP contribution in [0, 0.1) is 0 Å². The number of hydrogen-bond acceptors (Lipinski definition) is 7. The Morgan fingerprint density at radius 3 is 2.40 bits per heavy atom. The number of imidazole rings is 1. The molecule has 2 aromatic heterocycles. The highest BCUT2D eigenvalue weighted by molar-refractivity contribution is 7.16. The van der Waals surface area contributed by atoms with Crippen LogP contribution in [0.2, 0.25) is 0 Å². The molecule has 7 nitrogen and oxygen atoms in total. The van der Waals surface area contributed by atoms with Crippen LogP contribution in [0.5, 0.6) is 5.75 Å². The van der Waals surface area contributed by atoms with Crippen LogP contribution in [0.3, 0.4) is 0 Å². The molecule has 1 aliphatic heterocycles. The quantitative estimate of drug-likeness (QED) is 0.197. The van der Waals surface area contributed by atoms with E-state index in [1.807, 2.05) is 10.6 Å². The minimum absolute atomic E-state index is 0. The number of ether oxygens (including phenoxy) is 2. The molecule has 0 spiro atoms. The predicted molar refractivity (Wildman–Crippen MR) is 165 cm³/mol. The van der Waals surface area contributed by atoms with E-state index < -0.39 is 23.8 Å². The number of carbonyl (C=O) groups is 1. The third-order valence-electron chi connectivity index (χ3n) is 6.91. The zero-order valence-electron chi connectivity index (χ0n) is 23.1. The first-order valence-electron chi connectivity index (χ1n) is 12.6. The monoisotopic (exact) mass is 666 g/mol. The van der Waals surface area contributed by atoms with E-state index in [-0.39, 0.29) is 53.4 Å². The van der Waals surface area contributed by atoms with Crippen molar-refractivity contribution in [2.24, 2.45) is 0 Å². The molecule has 0 radical (unpaired) electrons. The minimum atomic E-state index is -4.53. The fraction of sp³-hybridized carbons (Fsp3) is 0.357. The van der Waals surface area contributed by atoms with E-state index in [1.54, 1.807) is 12.4 Å². The predicted octanol–water partition coefficient (Wildman–Crippen LogP) is 7.05. The summed E-state index contributed by atoms with van der Waals surface area (Å²) >= 11 is 1.14. The molecule has 1 aliphatic rings. The van der Waals surface area contributed by atoms with Gasteiger partial charge in [0.05, 0.1) is 23.7 Å². The number of likely N-dealkylation sites (N-methyl/N-ethyl adjacent to an activating group) is 1. The molecule has 0 saturated carbocycles. The normalized spacial score (nSPS) is 14.8. The summed E-state index contributed by atoms with van der Waals surface area (Å²) in [6.45, 7) is 6.40. The molecule has 0 bridgehead atoms. The van der Waals surface area contributed by atoms with Gasteiger partial charge in [0.15, 0.2) is 4.88 Å². The second-order valence-electron chi connectivity index (χ2n) is 9.63. The average Bonchev–Trinajstić information content (AvgIpc) is 3.53. The lowest BCUT2D eigenvalue weighted by atomic mass is 10.0. The van der Waals surface area contributed by atoms with Crippen LogP contribution >= 0.6 is 48.6 Å². The summed E-state index contributed by atoms with van der Waals surface area (Å²) in [5.41, 5.74) is 2.00. The molecule has 2 aromatic carbocycles. The van der Waals surface area contributed by atoms with E-state index >= 15 is 0 Å². The van der Waals surface area contributed by atoms with Crippen LogP contribution in [-0.2, 0) is 17.5 Å². The number of nitrogens with zero attached hydrogens (tertiary/aromatic N) is 4. The van der Waals surface area contributed by atoms with E-state index in [0.717, 1.165) is 66.7 Å². The first kappa shape index (κ1) is 35.7. The Balaban J connectivity index is 0.00000205. The molecule has 3 heterocycles. The molecule has 42 heavy (non-hydrogen) atoms. The molecule has 14 heteroatoms. The summed E-state index contributed by atoms with van der Waals surface area (Å²) in [6.07, 6.45) is -3.83. The van der Waals surface area contributed by atoms with Gasteiger partial charge in [-0.05, 0) is 37.7 Å². The highest BCUT2D eigenvalue weighted by atomic mass is 35.5. The van der Waals surface area contributed by atoms with Gasteiger partial charge in [-0.2, -0.15) is 13.2 Å². The minimum Gasteiger partial charge on any atom is -0.484 e. The fourth-order valence-electron chi connectivity index (χ4n) is 4.76. The second-order valence-corrected chi connectivity index (χ2v) is 10.7. The third kappa shape index (κ3) is 7.69. The number of aromatic nitrogens is 2. The summed E-state index contributed by atoms with van der Waals surface area (Å²) in [6, 6.07) is 13.0.